The standard InChI is InChI=1S/C13H13N3OS/c1-15-13(17)9-2-3-12(11(14)8-9)18-10-4-6-16-7-5-10/h2-8H,14H2,1H3,(H,15,17). The number of pyridine rings is 1. The minimum atomic E-state index is -0.137. The van der Waals surface area contributed by atoms with Crippen LogP contribution in [-0.2, 0) is 0 Å². The maximum Gasteiger partial charge on any atom is 0.251 e. The van der Waals surface area contributed by atoms with E-state index >= 15 is 0 Å². The van der Waals surface area contributed by atoms with Crippen LogP contribution in [0.5, 0.6) is 0 Å². The Bertz CT molecular complexity index is 557. The molecular weight excluding hydrogens is 246 g/mol. The monoisotopic (exact) mass is 259 g/mol. The maximum absolute atomic E-state index is 11.5. The first kappa shape index (κ1) is 12.4. The summed E-state index contributed by atoms with van der Waals surface area (Å²) in [5.74, 6) is -0.137. The van der Waals surface area contributed by atoms with Crippen LogP contribution in [0.2, 0.25) is 0 Å². The number of nitrogen functional groups attached to an aromatic ring is 1. The third-order valence-corrected chi connectivity index (χ3v) is 3.48. The van der Waals surface area contributed by atoms with Crippen molar-refractivity contribution in [3.8, 4) is 0 Å². The Hall–Kier alpha value is -2.01. The highest BCUT2D eigenvalue weighted by molar-refractivity contribution is 7.99. The average Bonchev–Trinajstić information content (AvgIpc) is 2.41. The van der Waals surface area contributed by atoms with Crippen LogP contribution in [0.15, 0.2) is 52.5 Å². The van der Waals surface area contributed by atoms with E-state index in [-0.39, 0.29) is 5.91 Å². The van der Waals surface area contributed by atoms with Crippen molar-refractivity contribution in [2.75, 3.05) is 12.8 Å². The van der Waals surface area contributed by atoms with Gasteiger partial charge in [-0.25, -0.2) is 0 Å². The van der Waals surface area contributed by atoms with Gasteiger partial charge in [0.25, 0.3) is 5.91 Å². The molecule has 4 nitrogen and oxygen atoms in total. The fourth-order valence-electron chi connectivity index (χ4n) is 1.46. The Balaban J connectivity index is 2.23. The highest BCUT2D eigenvalue weighted by atomic mass is 32.2. The van der Waals surface area contributed by atoms with Crippen LogP contribution in [-0.4, -0.2) is 17.9 Å². The van der Waals surface area contributed by atoms with Crippen molar-refractivity contribution >= 4 is 23.4 Å². The molecule has 0 saturated carbocycles. The van der Waals surface area contributed by atoms with Gasteiger partial charge in [0.1, 0.15) is 0 Å². The number of nitrogens with zero attached hydrogens (tertiary/aromatic N) is 1. The number of hydrogen-bond donors (Lipinski definition) is 2. The third-order valence-electron chi connectivity index (χ3n) is 2.38. The molecule has 2 aromatic rings. The molecule has 1 heterocycles. The fraction of sp³-hybridized carbons (Fsp3) is 0.0769. The Morgan fingerprint density at radius 3 is 2.61 bits per heavy atom. The molecule has 0 bridgehead atoms. The van der Waals surface area contributed by atoms with E-state index in [0.29, 0.717) is 11.3 Å². The molecule has 3 N–H and O–H groups in total. The average molecular weight is 259 g/mol. The van der Waals surface area contributed by atoms with Crippen LogP contribution in [0.4, 0.5) is 5.69 Å². The predicted molar refractivity (Wildman–Crippen MR) is 72.6 cm³/mol. The van der Waals surface area contributed by atoms with Gasteiger partial charge < -0.3 is 11.1 Å². The number of aromatic nitrogens is 1. The maximum atomic E-state index is 11.5. The smallest absolute Gasteiger partial charge is 0.251 e. The Labute approximate surface area is 110 Å². The minimum Gasteiger partial charge on any atom is -0.398 e. The van der Waals surface area contributed by atoms with Gasteiger partial charge in [0.15, 0.2) is 0 Å². The molecule has 1 aromatic heterocycles. The highest BCUT2D eigenvalue weighted by Crippen LogP contribution is 2.32. The summed E-state index contributed by atoms with van der Waals surface area (Å²) in [5.41, 5.74) is 7.10. The second-order valence-electron chi connectivity index (χ2n) is 3.62. The van der Waals surface area contributed by atoms with Crippen molar-refractivity contribution in [3.63, 3.8) is 0 Å². The molecule has 0 aliphatic heterocycles. The van der Waals surface area contributed by atoms with E-state index in [1.54, 1.807) is 43.3 Å². The topological polar surface area (TPSA) is 68.0 Å². The molecule has 2 rings (SSSR count). The molecular formula is C13H13N3OS. The second kappa shape index (κ2) is 5.55. The summed E-state index contributed by atoms with van der Waals surface area (Å²) in [7, 11) is 1.60. The summed E-state index contributed by atoms with van der Waals surface area (Å²) in [6, 6.07) is 9.12. The van der Waals surface area contributed by atoms with Gasteiger partial charge in [-0.1, -0.05) is 11.8 Å². The van der Waals surface area contributed by atoms with Crippen molar-refractivity contribution in [1.29, 1.82) is 0 Å². The van der Waals surface area contributed by atoms with Gasteiger partial charge in [0.2, 0.25) is 0 Å². The number of amides is 1. The zero-order chi connectivity index (χ0) is 13.0. The van der Waals surface area contributed by atoms with Gasteiger partial charge in [0.05, 0.1) is 0 Å². The van der Waals surface area contributed by atoms with Crippen molar-refractivity contribution in [3.05, 3.63) is 48.3 Å². The first-order valence-electron chi connectivity index (χ1n) is 5.40. The lowest BCUT2D eigenvalue weighted by molar-refractivity contribution is 0.0963. The molecule has 0 aliphatic carbocycles. The van der Waals surface area contributed by atoms with E-state index in [9.17, 15) is 4.79 Å². The van der Waals surface area contributed by atoms with E-state index in [2.05, 4.69) is 10.3 Å². The molecule has 5 heteroatoms. The lowest BCUT2D eigenvalue weighted by Gasteiger charge is -2.07. The lowest BCUT2D eigenvalue weighted by Crippen LogP contribution is -2.17. The van der Waals surface area contributed by atoms with Crippen LogP contribution in [0.1, 0.15) is 10.4 Å². The van der Waals surface area contributed by atoms with Gasteiger partial charge >= 0.3 is 0 Å². The van der Waals surface area contributed by atoms with Crippen LogP contribution < -0.4 is 11.1 Å². The Kier molecular flexibility index (Phi) is 3.84. The largest absolute Gasteiger partial charge is 0.398 e. The van der Waals surface area contributed by atoms with Crippen molar-refractivity contribution in [2.45, 2.75) is 9.79 Å². The van der Waals surface area contributed by atoms with Crippen LogP contribution >= 0.6 is 11.8 Å². The number of benzene rings is 1. The van der Waals surface area contributed by atoms with E-state index in [1.165, 1.54) is 0 Å². The van der Waals surface area contributed by atoms with Crippen molar-refractivity contribution < 1.29 is 4.79 Å². The molecule has 92 valence electrons. The number of nitrogens with one attached hydrogen (secondary N) is 1. The molecule has 0 saturated heterocycles. The van der Waals surface area contributed by atoms with E-state index in [1.807, 2.05) is 18.2 Å². The Morgan fingerprint density at radius 2 is 2.00 bits per heavy atom. The van der Waals surface area contributed by atoms with E-state index in [4.69, 9.17) is 5.73 Å². The third kappa shape index (κ3) is 2.81. The number of carbonyl (C=O) groups is 1. The summed E-state index contributed by atoms with van der Waals surface area (Å²) in [5, 5.41) is 2.57. The Morgan fingerprint density at radius 1 is 1.28 bits per heavy atom. The molecule has 0 aliphatic rings. The van der Waals surface area contributed by atoms with E-state index < -0.39 is 0 Å². The molecule has 0 unspecified atom stereocenters. The van der Waals surface area contributed by atoms with Crippen LogP contribution in [0, 0.1) is 0 Å². The summed E-state index contributed by atoms with van der Waals surface area (Å²) in [6.45, 7) is 0. The molecule has 1 aromatic carbocycles. The first-order valence-corrected chi connectivity index (χ1v) is 6.22. The zero-order valence-electron chi connectivity index (χ0n) is 9.88. The van der Waals surface area contributed by atoms with Crippen molar-refractivity contribution in [1.82, 2.24) is 10.3 Å². The number of nitrogens with two attached hydrogens (primary N) is 1. The number of anilines is 1. The molecule has 0 spiro atoms. The molecule has 0 fully saturated rings. The molecule has 18 heavy (non-hydrogen) atoms. The first-order chi connectivity index (χ1) is 8.70. The number of rotatable bonds is 3. The number of carbonyl (C=O) groups excluding carboxylic acids is 1. The molecule has 0 radical (unpaired) electrons. The van der Waals surface area contributed by atoms with Gasteiger partial charge in [0, 0.05) is 40.5 Å². The van der Waals surface area contributed by atoms with Crippen molar-refractivity contribution in [2.24, 2.45) is 0 Å². The fourth-order valence-corrected chi connectivity index (χ4v) is 2.28. The zero-order valence-corrected chi connectivity index (χ0v) is 10.7. The number of hydrogen-bond acceptors (Lipinski definition) is 4. The molecule has 1 amide bonds. The quantitative estimate of drug-likeness (QED) is 0.829. The summed E-state index contributed by atoms with van der Waals surface area (Å²) < 4.78 is 0. The normalized spacial score (nSPS) is 10.1. The minimum absolute atomic E-state index is 0.137. The lowest BCUT2D eigenvalue weighted by atomic mass is 10.2. The molecule has 0 atom stereocenters. The van der Waals surface area contributed by atoms with Crippen LogP contribution in [0.25, 0.3) is 0 Å². The SMILES string of the molecule is CNC(=O)c1ccc(Sc2ccncc2)c(N)c1. The van der Waals surface area contributed by atoms with Gasteiger partial charge in [-0.05, 0) is 30.3 Å². The van der Waals surface area contributed by atoms with Gasteiger partial charge in [-0.3, -0.25) is 9.78 Å². The summed E-state index contributed by atoms with van der Waals surface area (Å²) >= 11 is 1.55. The highest BCUT2D eigenvalue weighted by Gasteiger charge is 2.07. The van der Waals surface area contributed by atoms with Gasteiger partial charge in [-0.15, -0.1) is 0 Å². The van der Waals surface area contributed by atoms with E-state index in [0.717, 1.165) is 9.79 Å². The summed E-state index contributed by atoms with van der Waals surface area (Å²) in [6.07, 6.45) is 3.47. The predicted octanol–water partition coefficient (Wildman–Crippen LogP) is 2.17. The second-order valence-corrected chi connectivity index (χ2v) is 4.73. The van der Waals surface area contributed by atoms with Crippen LogP contribution in [0.3, 0.4) is 0 Å². The summed E-state index contributed by atoms with van der Waals surface area (Å²) in [4.78, 5) is 17.4. The van der Waals surface area contributed by atoms with Gasteiger partial charge in [-0.2, -0.15) is 0 Å².